The maximum Gasteiger partial charge on any atom is 0.119 e. The number of nitrogens with zero attached hydrogens (tertiary/aromatic N) is 1. The van der Waals surface area contributed by atoms with Gasteiger partial charge in [0.1, 0.15) is 10.7 Å². The third-order valence-electron chi connectivity index (χ3n) is 2.95. The fraction of sp³-hybridized carbons (Fsp3) is 0.562. The van der Waals surface area contributed by atoms with E-state index in [1.54, 1.807) is 0 Å². The first kappa shape index (κ1) is 16.9. The molecule has 0 atom stereocenters. The van der Waals surface area contributed by atoms with Gasteiger partial charge < -0.3 is 15.0 Å². The summed E-state index contributed by atoms with van der Waals surface area (Å²) in [4.78, 5) is 2.98. The van der Waals surface area contributed by atoms with Crippen molar-refractivity contribution >= 4 is 17.2 Å². The Labute approximate surface area is 128 Å². The first-order valence-corrected chi connectivity index (χ1v) is 7.70. The molecule has 0 saturated carbocycles. The van der Waals surface area contributed by atoms with Crippen LogP contribution >= 0.6 is 12.2 Å². The van der Waals surface area contributed by atoms with Crippen molar-refractivity contribution in [3.8, 4) is 5.75 Å². The molecule has 0 fully saturated rings. The molecule has 0 amide bonds. The normalized spacial score (nSPS) is 10.6. The number of hydrogen-bond acceptors (Lipinski definition) is 3. The molecule has 4 heteroatoms. The van der Waals surface area contributed by atoms with Crippen LogP contribution in [0.1, 0.15) is 31.7 Å². The van der Waals surface area contributed by atoms with Crippen LogP contribution in [0, 0.1) is 0 Å². The highest BCUT2D eigenvalue weighted by molar-refractivity contribution is 7.80. The minimum absolute atomic E-state index is 0.781. The van der Waals surface area contributed by atoms with E-state index in [4.69, 9.17) is 17.0 Å². The quantitative estimate of drug-likeness (QED) is 0.559. The maximum atomic E-state index is 5.64. The number of nitrogens with one attached hydrogen (secondary N) is 1. The van der Waals surface area contributed by atoms with Gasteiger partial charge in [0.05, 0.1) is 6.61 Å². The molecule has 3 nitrogen and oxygen atoms in total. The molecule has 0 heterocycles. The average molecular weight is 294 g/mol. The molecule has 0 aliphatic rings. The summed E-state index contributed by atoms with van der Waals surface area (Å²) in [5, 5.41) is 3.29. The van der Waals surface area contributed by atoms with Gasteiger partial charge in [-0.2, -0.15) is 0 Å². The lowest BCUT2D eigenvalue weighted by atomic mass is 10.2. The van der Waals surface area contributed by atoms with Gasteiger partial charge in [-0.05, 0) is 57.7 Å². The van der Waals surface area contributed by atoms with Gasteiger partial charge in [0.15, 0.2) is 0 Å². The lowest BCUT2D eigenvalue weighted by Gasteiger charge is -2.12. The zero-order chi connectivity index (χ0) is 14.8. The van der Waals surface area contributed by atoms with Crippen LogP contribution in [0.25, 0.3) is 0 Å². The Balaban J connectivity index is 2.33. The van der Waals surface area contributed by atoms with Crippen LogP contribution in [0.2, 0.25) is 0 Å². The Kier molecular flexibility index (Phi) is 8.23. The van der Waals surface area contributed by atoms with Crippen molar-refractivity contribution in [2.24, 2.45) is 0 Å². The van der Waals surface area contributed by atoms with E-state index in [0.29, 0.717) is 0 Å². The Hall–Kier alpha value is -1.13. The lowest BCUT2D eigenvalue weighted by Crippen LogP contribution is -2.26. The van der Waals surface area contributed by atoms with Crippen molar-refractivity contribution in [2.45, 2.75) is 26.2 Å². The number of thiocarbonyl (C=S) groups is 1. The minimum Gasteiger partial charge on any atom is -0.494 e. The van der Waals surface area contributed by atoms with Crippen molar-refractivity contribution < 1.29 is 4.74 Å². The van der Waals surface area contributed by atoms with Gasteiger partial charge in [-0.3, -0.25) is 0 Å². The van der Waals surface area contributed by atoms with Gasteiger partial charge in [0.2, 0.25) is 0 Å². The second-order valence-corrected chi connectivity index (χ2v) is 5.55. The predicted molar refractivity (Wildman–Crippen MR) is 89.7 cm³/mol. The van der Waals surface area contributed by atoms with Crippen molar-refractivity contribution in [2.75, 3.05) is 33.8 Å². The van der Waals surface area contributed by atoms with Crippen molar-refractivity contribution in [3.05, 3.63) is 29.8 Å². The summed E-state index contributed by atoms with van der Waals surface area (Å²) in [5.74, 6) is 0.914. The molecule has 0 bridgehead atoms. The highest BCUT2D eigenvalue weighted by Gasteiger charge is 2.01. The van der Waals surface area contributed by atoms with Crippen LogP contribution in [0.3, 0.4) is 0 Å². The Bertz CT molecular complexity index is 390. The summed E-state index contributed by atoms with van der Waals surface area (Å²) in [7, 11) is 4.16. The van der Waals surface area contributed by atoms with E-state index in [9.17, 15) is 0 Å². The molecular formula is C16H26N2OS. The summed E-state index contributed by atoms with van der Waals surface area (Å²) >= 11 is 5.38. The summed E-state index contributed by atoms with van der Waals surface area (Å²) < 4.78 is 5.64. The van der Waals surface area contributed by atoms with Gasteiger partial charge in [0.25, 0.3) is 0 Å². The predicted octanol–water partition coefficient (Wildman–Crippen LogP) is 3.08. The molecule has 0 aliphatic carbocycles. The van der Waals surface area contributed by atoms with Crippen LogP contribution in [-0.4, -0.2) is 43.7 Å². The molecule has 1 rings (SSSR count). The molecule has 1 N–H and O–H groups in total. The molecule has 1 aromatic carbocycles. The van der Waals surface area contributed by atoms with E-state index >= 15 is 0 Å². The molecule has 1 aromatic rings. The molecule has 0 saturated heterocycles. The average Bonchev–Trinajstić information content (AvgIpc) is 2.44. The zero-order valence-electron chi connectivity index (χ0n) is 12.8. The molecule has 0 radical (unpaired) electrons. The number of benzene rings is 1. The molecule has 0 spiro atoms. The highest BCUT2D eigenvalue weighted by atomic mass is 32.1. The van der Waals surface area contributed by atoms with E-state index < -0.39 is 0 Å². The number of ether oxygens (including phenoxy) is 1. The minimum atomic E-state index is 0.781. The number of unbranched alkanes of at least 4 members (excludes halogenated alkanes) is 1. The van der Waals surface area contributed by atoms with Gasteiger partial charge in [-0.25, -0.2) is 0 Å². The van der Waals surface area contributed by atoms with E-state index in [1.165, 1.54) is 0 Å². The number of rotatable bonds is 9. The molecule has 0 unspecified atom stereocenters. The van der Waals surface area contributed by atoms with Gasteiger partial charge in [-0.1, -0.05) is 25.6 Å². The fourth-order valence-corrected chi connectivity index (χ4v) is 1.97. The summed E-state index contributed by atoms with van der Waals surface area (Å²) in [6.07, 6.45) is 3.33. The Morgan fingerprint density at radius 3 is 2.50 bits per heavy atom. The van der Waals surface area contributed by atoms with E-state index in [0.717, 1.165) is 55.3 Å². The lowest BCUT2D eigenvalue weighted by molar-refractivity contribution is 0.309. The van der Waals surface area contributed by atoms with Gasteiger partial charge in [-0.15, -0.1) is 0 Å². The molecule has 0 aromatic heterocycles. The first-order valence-electron chi connectivity index (χ1n) is 7.29. The van der Waals surface area contributed by atoms with E-state index in [-0.39, 0.29) is 0 Å². The standard InChI is InChI=1S/C16H26N2OS/c1-4-5-13-19-15-9-7-14(8-10-15)16(20)17-11-6-12-18(2)3/h7-10H,4-6,11-13H2,1-3H3,(H,17,20). The zero-order valence-corrected chi connectivity index (χ0v) is 13.6. The van der Waals surface area contributed by atoms with E-state index in [2.05, 4.69) is 31.2 Å². The van der Waals surface area contributed by atoms with E-state index in [1.807, 2.05) is 24.3 Å². The molecule has 112 valence electrons. The smallest absolute Gasteiger partial charge is 0.119 e. The van der Waals surface area contributed by atoms with Gasteiger partial charge >= 0.3 is 0 Å². The summed E-state index contributed by atoms with van der Waals surface area (Å²) in [6, 6.07) is 8.00. The van der Waals surface area contributed by atoms with Crippen molar-refractivity contribution in [1.29, 1.82) is 0 Å². The third-order valence-corrected chi connectivity index (χ3v) is 3.33. The topological polar surface area (TPSA) is 24.5 Å². The van der Waals surface area contributed by atoms with Crippen LogP contribution in [0.15, 0.2) is 24.3 Å². The molecule has 20 heavy (non-hydrogen) atoms. The van der Waals surface area contributed by atoms with Crippen molar-refractivity contribution in [3.63, 3.8) is 0 Å². The van der Waals surface area contributed by atoms with Crippen LogP contribution in [0.5, 0.6) is 5.75 Å². The van der Waals surface area contributed by atoms with Gasteiger partial charge in [0, 0.05) is 12.1 Å². The Morgan fingerprint density at radius 1 is 1.20 bits per heavy atom. The summed E-state index contributed by atoms with van der Waals surface area (Å²) in [5.41, 5.74) is 1.05. The largest absolute Gasteiger partial charge is 0.494 e. The second-order valence-electron chi connectivity index (χ2n) is 5.14. The van der Waals surface area contributed by atoms with Crippen LogP contribution in [0.4, 0.5) is 0 Å². The fourth-order valence-electron chi connectivity index (χ4n) is 1.74. The van der Waals surface area contributed by atoms with Crippen LogP contribution < -0.4 is 10.1 Å². The molecule has 0 aliphatic heterocycles. The Morgan fingerprint density at radius 2 is 1.90 bits per heavy atom. The second kappa shape index (κ2) is 9.72. The van der Waals surface area contributed by atoms with Crippen LogP contribution in [-0.2, 0) is 0 Å². The maximum absolute atomic E-state index is 5.64. The number of hydrogen-bond donors (Lipinski definition) is 1. The SMILES string of the molecule is CCCCOc1ccc(C(=S)NCCCN(C)C)cc1. The van der Waals surface area contributed by atoms with Crippen molar-refractivity contribution in [1.82, 2.24) is 10.2 Å². The monoisotopic (exact) mass is 294 g/mol. The summed E-state index contributed by atoms with van der Waals surface area (Å²) in [6.45, 7) is 4.92. The first-order chi connectivity index (χ1) is 9.63. The third kappa shape index (κ3) is 6.87. The molecular weight excluding hydrogens is 268 g/mol. The highest BCUT2D eigenvalue weighted by Crippen LogP contribution is 2.13.